The topological polar surface area (TPSA) is 93.1 Å². The number of carboxylic acid groups (broad SMARTS) is 1. The van der Waals surface area contributed by atoms with Crippen molar-refractivity contribution in [1.29, 1.82) is 0 Å². The number of rotatable bonds is 6. The van der Waals surface area contributed by atoms with Gasteiger partial charge in [0.1, 0.15) is 18.2 Å². The first-order chi connectivity index (χ1) is 11.1. The smallest absolute Gasteiger partial charge is 0.410 e. The zero-order chi connectivity index (χ0) is 18.3. The summed E-state index contributed by atoms with van der Waals surface area (Å²) in [5, 5.41) is 9.27. The number of amides is 1. The minimum absolute atomic E-state index is 0.0167. The highest BCUT2D eigenvalue weighted by atomic mass is 16.6. The summed E-state index contributed by atoms with van der Waals surface area (Å²) in [4.78, 5) is 36.1. The fraction of sp³-hybridized carbons (Fsp3) is 0.471. The van der Waals surface area contributed by atoms with E-state index in [1.54, 1.807) is 45.0 Å². The third kappa shape index (κ3) is 6.68. The second-order valence-corrected chi connectivity index (χ2v) is 6.30. The Bertz CT molecular complexity index is 578. The molecule has 7 heteroatoms. The Morgan fingerprint density at radius 3 is 2.25 bits per heavy atom. The average molecular weight is 337 g/mol. The molecule has 0 spiro atoms. The first-order valence-corrected chi connectivity index (χ1v) is 7.48. The van der Waals surface area contributed by atoms with E-state index in [9.17, 15) is 19.5 Å². The fourth-order valence-electron chi connectivity index (χ4n) is 1.88. The summed E-state index contributed by atoms with van der Waals surface area (Å²) in [5.41, 5.74) is 0.0465. The Labute approximate surface area is 141 Å². The van der Waals surface area contributed by atoms with Gasteiger partial charge in [-0.2, -0.15) is 0 Å². The lowest BCUT2D eigenvalue weighted by Crippen LogP contribution is -2.44. The molecule has 0 aliphatic heterocycles. The molecule has 7 nitrogen and oxygen atoms in total. The first-order valence-electron chi connectivity index (χ1n) is 7.48. The van der Waals surface area contributed by atoms with E-state index in [4.69, 9.17) is 9.47 Å². The Kier molecular flexibility index (Phi) is 6.76. The van der Waals surface area contributed by atoms with Gasteiger partial charge in [-0.3, -0.25) is 9.69 Å². The second-order valence-electron chi connectivity index (χ2n) is 6.30. The predicted molar refractivity (Wildman–Crippen MR) is 86.3 cm³/mol. The minimum Gasteiger partial charge on any atom is -0.480 e. The third-order valence-electron chi connectivity index (χ3n) is 3.03. The van der Waals surface area contributed by atoms with Crippen molar-refractivity contribution >= 4 is 18.0 Å². The van der Waals surface area contributed by atoms with Gasteiger partial charge < -0.3 is 14.6 Å². The summed E-state index contributed by atoms with van der Waals surface area (Å²) in [5.74, 6) is -2.00. The van der Waals surface area contributed by atoms with Gasteiger partial charge in [-0.25, -0.2) is 9.59 Å². The maximum absolute atomic E-state index is 12.0. The molecule has 0 aliphatic carbocycles. The molecule has 1 aromatic rings. The Morgan fingerprint density at radius 2 is 1.75 bits per heavy atom. The first kappa shape index (κ1) is 19.5. The number of carboxylic acids is 1. The van der Waals surface area contributed by atoms with Crippen molar-refractivity contribution in [3.05, 3.63) is 35.9 Å². The molecule has 24 heavy (non-hydrogen) atoms. The van der Waals surface area contributed by atoms with E-state index < -0.39 is 36.1 Å². The quantitative estimate of drug-likeness (QED) is 0.802. The number of aliphatic carboxylic acids is 1. The van der Waals surface area contributed by atoms with E-state index in [0.717, 1.165) is 10.5 Å². The van der Waals surface area contributed by atoms with Gasteiger partial charge in [0.25, 0.3) is 0 Å². The number of hydrogen-bond donors (Lipinski definition) is 1. The maximum Gasteiger partial charge on any atom is 0.410 e. The number of carbonyl (C=O) groups is 3. The highest BCUT2D eigenvalue weighted by molar-refractivity contribution is 5.85. The van der Waals surface area contributed by atoms with Gasteiger partial charge in [0, 0.05) is 7.05 Å². The largest absolute Gasteiger partial charge is 0.480 e. The normalized spacial score (nSPS) is 12.2. The maximum atomic E-state index is 12.0. The fourth-order valence-corrected chi connectivity index (χ4v) is 1.88. The minimum atomic E-state index is -1.36. The lowest BCUT2D eigenvalue weighted by atomic mass is 10.1. The van der Waals surface area contributed by atoms with Crippen molar-refractivity contribution in [2.45, 2.75) is 45.4 Å². The standard InChI is InChI=1S/C17H23NO6/c1-17(2,3)24-14(19)10-13(15(20)21)18(4)16(22)23-11-12-8-6-5-7-9-12/h5-9,13H,10-11H2,1-4H3,(H,20,21)/t13-/m1/s1. The molecule has 0 saturated carbocycles. The van der Waals surface area contributed by atoms with Crippen LogP contribution in [-0.4, -0.2) is 46.7 Å². The highest BCUT2D eigenvalue weighted by Gasteiger charge is 2.32. The van der Waals surface area contributed by atoms with Crippen LogP contribution >= 0.6 is 0 Å². The van der Waals surface area contributed by atoms with Gasteiger partial charge in [-0.05, 0) is 26.3 Å². The van der Waals surface area contributed by atoms with E-state index in [1.807, 2.05) is 6.07 Å². The van der Waals surface area contributed by atoms with Crippen molar-refractivity contribution in [1.82, 2.24) is 4.90 Å². The van der Waals surface area contributed by atoms with Crippen molar-refractivity contribution in [2.75, 3.05) is 7.05 Å². The molecule has 1 N–H and O–H groups in total. The van der Waals surface area contributed by atoms with E-state index >= 15 is 0 Å². The molecule has 1 aromatic carbocycles. The van der Waals surface area contributed by atoms with Crippen LogP contribution in [0.4, 0.5) is 4.79 Å². The van der Waals surface area contributed by atoms with Gasteiger partial charge in [0.2, 0.25) is 0 Å². The molecule has 0 fully saturated rings. The molecular weight excluding hydrogens is 314 g/mol. The van der Waals surface area contributed by atoms with Gasteiger partial charge in [-0.1, -0.05) is 30.3 Å². The van der Waals surface area contributed by atoms with Crippen molar-refractivity contribution < 1.29 is 29.0 Å². The van der Waals surface area contributed by atoms with Crippen LogP contribution in [0, 0.1) is 0 Å². The Balaban J connectivity index is 2.64. The number of nitrogens with zero attached hydrogens (tertiary/aromatic N) is 1. The zero-order valence-corrected chi connectivity index (χ0v) is 14.3. The van der Waals surface area contributed by atoms with Gasteiger partial charge in [0.05, 0.1) is 6.42 Å². The summed E-state index contributed by atoms with van der Waals surface area (Å²) in [6, 6.07) is 7.64. The van der Waals surface area contributed by atoms with Crippen molar-refractivity contribution in [2.24, 2.45) is 0 Å². The van der Waals surface area contributed by atoms with Gasteiger partial charge in [-0.15, -0.1) is 0 Å². The third-order valence-corrected chi connectivity index (χ3v) is 3.03. The second kappa shape index (κ2) is 8.33. The number of likely N-dealkylation sites (N-methyl/N-ethyl adjacent to an activating group) is 1. The predicted octanol–water partition coefficient (Wildman–Crippen LogP) is 2.44. The molecule has 0 radical (unpaired) electrons. The molecule has 0 bridgehead atoms. The number of ether oxygens (including phenoxy) is 2. The zero-order valence-electron chi connectivity index (χ0n) is 14.3. The number of hydrogen-bond acceptors (Lipinski definition) is 5. The van der Waals surface area contributed by atoms with Crippen LogP contribution < -0.4 is 0 Å². The molecule has 1 atom stereocenters. The monoisotopic (exact) mass is 337 g/mol. The van der Waals surface area contributed by atoms with E-state index in [1.165, 1.54) is 7.05 Å². The van der Waals surface area contributed by atoms with Crippen molar-refractivity contribution in [3.8, 4) is 0 Å². The van der Waals surface area contributed by atoms with Crippen LogP contribution in [-0.2, 0) is 25.7 Å². The highest BCUT2D eigenvalue weighted by Crippen LogP contribution is 2.13. The summed E-state index contributed by atoms with van der Waals surface area (Å²) in [6.45, 7) is 5.05. The molecule has 0 heterocycles. The molecule has 1 rings (SSSR count). The molecule has 0 saturated heterocycles. The number of esters is 1. The Morgan fingerprint density at radius 1 is 1.17 bits per heavy atom. The number of benzene rings is 1. The van der Waals surface area contributed by atoms with Crippen LogP contribution in [0.1, 0.15) is 32.8 Å². The van der Waals surface area contributed by atoms with Gasteiger partial charge >= 0.3 is 18.0 Å². The lowest BCUT2D eigenvalue weighted by molar-refractivity contribution is -0.160. The SMILES string of the molecule is CN(C(=O)OCc1ccccc1)[C@H](CC(=O)OC(C)(C)C)C(=O)O. The van der Waals surface area contributed by atoms with E-state index in [2.05, 4.69) is 0 Å². The van der Waals surface area contributed by atoms with Crippen LogP contribution in [0.5, 0.6) is 0 Å². The molecular formula is C17H23NO6. The van der Waals surface area contributed by atoms with E-state index in [-0.39, 0.29) is 6.61 Å². The summed E-state index contributed by atoms with van der Waals surface area (Å²) >= 11 is 0. The molecule has 0 aromatic heterocycles. The summed E-state index contributed by atoms with van der Waals surface area (Å²) in [7, 11) is 1.27. The van der Waals surface area contributed by atoms with Crippen LogP contribution in [0.15, 0.2) is 30.3 Å². The van der Waals surface area contributed by atoms with Crippen LogP contribution in [0.3, 0.4) is 0 Å². The van der Waals surface area contributed by atoms with Crippen molar-refractivity contribution in [3.63, 3.8) is 0 Å². The van der Waals surface area contributed by atoms with Crippen LogP contribution in [0.2, 0.25) is 0 Å². The summed E-state index contributed by atoms with van der Waals surface area (Å²) in [6.07, 6.45) is -1.28. The summed E-state index contributed by atoms with van der Waals surface area (Å²) < 4.78 is 10.2. The lowest BCUT2D eigenvalue weighted by Gasteiger charge is -2.25. The van der Waals surface area contributed by atoms with Gasteiger partial charge in [0.15, 0.2) is 0 Å². The molecule has 132 valence electrons. The molecule has 0 aliphatic rings. The van der Waals surface area contributed by atoms with Crippen LogP contribution in [0.25, 0.3) is 0 Å². The number of carbonyl (C=O) groups excluding carboxylic acids is 2. The average Bonchev–Trinajstić information content (AvgIpc) is 2.48. The van der Waals surface area contributed by atoms with E-state index in [0.29, 0.717) is 0 Å². The molecule has 0 unspecified atom stereocenters. The molecule has 1 amide bonds. The Hall–Kier alpha value is -2.57.